The van der Waals surface area contributed by atoms with E-state index in [1.54, 1.807) is 22.7 Å². The van der Waals surface area contributed by atoms with E-state index < -0.39 is 37.1 Å². The molecule has 182 valence electrons. The van der Waals surface area contributed by atoms with E-state index in [1.807, 2.05) is 6.92 Å². The molecule has 3 atom stereocenters. The van der Waals surface area contributed by atoms with Crippen molar-refractivity contribution >= 4 is 11.8 Å². The maximum Gasteiger partial charge on any atom is 0.389 e. The molecular formula is C20H32F3N5O4. The largest absolute Gasteiger partial charge is 0.394 e. The van der Waals surface area contributed by atoms with Crippen molar-refractivity contribution in [2.75, 3.05) is 26.7 Å². The quantitative estimate of drug-likeness (QED) is 0.688. The molecule has 0 saturated heterocycles. The Balaban J connectivity index is 2.18. The first kappa shape index (κ1) is 26.0. The van der Waals surface area contributed by atoms with Gasteiger partial charge in [0.15, 0.2) is 0 Å². The molecular weight excluding hydrogens is 431 g/mol. The van der Waals surface area contributed by atoms with Crippen LogP contribution in [0.4, 0.5) is 13.2 Å². The lowest BCUT2D eigenvalue weighted by Crippen LogP contribution is -2.48. The molecule has 12 heteroatoms. The topological polar surface area (TPSA) is 101 Å². The van der Waals surface area contributed by atoms with Crippen molar-refractivity contribution in [3.05, 3.63) is 11.9 Å². The van der Waals surface area contributed by atoms with Crippen LogP contribution in [-0.4, -0.2) is 86.8 Å². The number of aliphatic hydroxyl groups is 1. The Hall–Kier alpha value is -2.21. The number of hydrogen-bond donors (Lipinski definition) is 1. The van der Waals surface area contributed by atoms with Gasteiger partial charge in [-0.05, 0) is 13.3 Å². The minimum absolute atomic E-state index is 0.0644. The lowest BCUT2D eigenvalue weighted by molar-refractivity contribution is -0.150. The zero-order chi connectivity index (χ0) is 23.9. The maximum atomic E-state index is 12.8. The summed E-state index contributed by atoms with van der Waals surface area (Å²) in [5, 5.41) is 17.5. The molecule has 1 aromatic heterocycles. The van der Waals surface area contributed by atoms with E-state index >= 15 is 0 Å². The normalized spacial score (nSPS) is 22.0. The fourth-order valence-corrected chi connectivity index (χ4v) is 3.56. The van der Waals surface area contributed by atoms with Crippen LogP contribution >= 0.6 is 0 Å². The van der Waals surface area contributed by atoms with Crippen molar-refractivity contribution in [3.8, 4) is 0 Å². The predicted molar refractivity (Wildman–Crippen MR) is 108 cm³/mol. The van der Waals surface area contributed by atoms with Crippen molar-refractivity contribution in [1.29, 1.82) is 0 Å². The molecule has 1 aromatic rings. The number of carbonyl (C=O) groups excluding carboxylic acids is 2. The minimum Gasteiger partial charge on any atom is -0.394 e. The summed E-state index contributed by atoms with van der Waals surface area (Å²) in [5.74, 6) is -1.00. The fraction of sp³-hybridized carbons (Fsp3) is 0.800. The van der Waals surface area contributed by atoms with Crippen molar-refractivity contribution in [3.63, 3.8) is 0 Å². The van der Waals surface area contributed by atoms with E-state index in [2.05, 4.69) is 10.3 Å². The molecule has 1 aliphatic rings. The minimum atomic E-state index is -4.40. The number of fused-ring (bicyclic) bond motifs is 1. The highest BCUT2D eigenvalue weighted by Gasteiger charge is 2.31. The van der Waals surface area contributed by atoms with E-state index in [0.29, 0.717) is 18.7 Å². The second-order valence-electron chi connectivity index (χ2n) is 8.35. The Labute approximate surface area is 185 Å². The number of rotatable bonds is 6. The number of amides is 2. The molecule has 2 rings (SSSR count). The van der Waals surface area contributed by atoms with Gasteiger partial charge in [-0.15, -0.1) is 5.10 Å². The summed E-state index contributed by atoms with van der Waals surface area (Å²) in [6, 6.07) is -0.401. The van der Waals surface area contributed by atoms with Gasteiger partial charge in [-0.1, -0.05) is 12.1 Å². The number of aliphatic hydroxyl groups excluding tert-OH is 1. The standard InChI is InChI=1S/C20H32F3N5O4/c1-14-10-27(15(2)12-29)19(31)5-4-8-28-16(9-24-25-28)13-32-17(14)11-26(3)18(30)6-7-20(21,22)23/h9,14-15,17,29H,4-8,10-13H2,1-3H3/t14-,15-,17-/m1/s1. The molecule has 0 aromatic carbocycles. The lowest BCUT2D eigenvalue weighted by atomic mass is 10.0. The first-order chi connectivity index (χ1) is 15.0. The second kappa shape index (κ2) is 11.6. The third-order valence-corrected chi connectivity index (χ3v) is 5.64. The van der Waals surface area contributed by atoms with Crippen LogP contribution in [0.2, 0.25) is 0 Å². The van der Waals surface area contributed by atoms with Gasteiger partial charge in [0.1, 0.15) is 0 Å². The molecule has 0 unspecified atom stereocenters. The van der Waals surface area contributed by atoms with Crippen LogP contribution in [0.15, 0.2) is 6.20 Å². The van der Waals surface area contributed by atoms with Crippen molar-refractivity contribution in [2.45, 2.75) is 71.0 Å². The van der Waals surface area contributed by atoms with Gasteiger partial charge < -0.3 is 19.6 Å². The molecule has 32 heavy (non-hydrogen) atoms. The molecule has 0 saturated carbocycles. The zero-order valence-corrected chi connectivity index (χ0v) is 18.7. The summed E-state index contributed by atoms with van der Waals surface area (Å²) < 4.78 is 45.2. The highest BCUT2D eigenvalue weighted by atomic mass is 19.4. The fourth-order valence-electron chi connectivity index (χ4n) is 3.56. The Bertz CT molecular complexity index is 758. The molecule has 1 aliphatic heterocycles. The summed E-state index contributed by atoms with van der Waals surface area (Å²) in [6.45, 7) is 4.38. The summed E-state index contributed by atoms with van der Waals surface area (Å²) in [7, 11) is 1.44. The van der Waals surface area contributed by atoms with Gasteiger partial charge in [0, 0.05) is 45.4 Å². The van der Waals surface area contributed by atoms with Crippen LogP contribution in [0.5, 0.6) is 0 Å². The van der Waals surface area contributed by atoms with Crippen molar-refractivity contribution in [1.82, 2.24) is 24.8 Å². The van der Waals surface area contributed by atoms with Crippen molar-refractivity contribution in [2.24, 2.45) is 5.92 Å². The number of aromatic nitrogens is 3. The number of nitrogens with zero attached hydrogens (tertiary/aromatic N) is 5. The maximum absolute atomic E-state index is 12.8. The molecule has 2 amide bonds. The number of likely N-dealkylation sites (N-methyl/N-ethyl adjacent to an activating group) is 1. The average Bonchev–Trinajstić information content (AvgIpc) is 3.17. The molecule has 2 heterocycles. The number of carbonyl (C=O) groups is 2. The van der Waals surface area contributed by atoms with Crippen LogP contribution in [0.1, 0.15) is 45.2 Å². The summed E-state index contributed by atoms with van der Waals surface area (Å²) >= 11 is 0. The second-order valence-corrected chi connectivity index (χ2v) is 8.35. The monoisotopic (exact) mass is 463 g/mol. The van der Waals surface area contributed by atoms with E-state index in [0.717, 1.165) is 0 Å². The van der Waals surface area contributed by atoms with E-state index in [-0.39, 0.29) is 44.5 Å². The highest BCUT2D eigenvalue weighted by Crippen LogP contribution is 2.22. The van der Waals surface area contributed by atoms with Crippen LogP contribution in [0.25, 0.3) is 0 Å². The molecule has 9 nitrogen and oxygen atoms in total. The molecule has 0 spiro atoms. The van der Waals surface area contributed by atoms with Gasteiger partial charge >= 0.3 is 6.18 Å². The average molecular weight is 464 g/mol. The first-order valence-electron chi connectivity index (χ1n) is 10.7. The van der Waals surface area contributed by atoms with Gasteiger partial charge in [0.2, 0.25) is 11.8 Å². The van der Waals surface area contributed by atoms with Gasteiger partial charge in [-0.2, -0.15) is 13.2 Å². The Morgan fingerprint density at radius 3 is 2.81 bits per heavy atom. The highest BCUT2D eigenvalue weighted by molar-refractivity contribution is 5.76. The Morgan fingerprint density at radius 2 is 2.16 bits per heavy atom. The van der Waals surface area contributed by atoms with Gasteiger partial charge in [-0.25, -0.2) is 4.68 Å². The first-order valence-corrected chi connectivity index (χ1v) is 10.7. The predicted octanol–water partition coefficient (Wildman–Crippen LogP) is 1.60. The van der Waals surface area contributed by atoms with Crippen LogP contribution in [0.3, 0.4) is 0 Å². The van der Waals surface area contributed by atoms with Gasteiger partial charge in [0.05, 0.1) is 43.7 Å². The van der Waals surface area contributed by atoms with E-state index in [9.17, 15) is 27.9 Å². The Morgan fingerprint density at radius 1 is 1.44 bits per heavy atom. The molecule has 0 bridgehead atoms. The smallest absolute Gasteiger partial charge is 0.389 e. The lowest BCUT2D eigenvalue weighted by Gasteiger charge is -2.35. The van der Waals surface area contributed by atoms with Crippen LogP contribution < -0.4 is 0 Å². The molecule has 1 N–H and O–H groups in total. The summed E-state index contributed by atoms with van der Waals surface area (Å²) in [6.07, 6.45) is -4.38. The Kier molecular flexibility index (Phi) is 9.44. The molecule has 0 aliphatic carbocycles. The van der Waals surface area contributed by atoms with Crippen LogP contribution in [0, 0.1) is 5.92 Å². The summed E-state index contributed by atoms with van der Waals surface area (Å²) in [4.78, 5) is 27.8. The zero-order valence-electron chi connectivity index (χ0n) is 18.7. The van der Waals surface area contributed by atoms with Gasteiger partial charge in [0.25, 0.3) is 0 Å². The number of ether oxygens (including phenoxy) is 1. The molecule has 0 radical (unpaired) electrons. The van der Waals surface area contributed by atoms with Crippen molar-refractivity contribution < 1.29 is 32.6 Å². The third-order valence-electron chi connectivity index (χ3n) is 5.64. The molecule has 0 fully saturated rings. The van der Waals surface area contributed by atoms with E-state index in [1.165, 1.54) is 11.9 Å². The number of halogens is 3. The van der Waals surface area contributed by atoms with E-state index in [4.69, 9.17) is 4.74 Å². The third kappa shape index (κ3) is 7.73. The summed E-state index contributed by atoms with van der Waals surface area (Å²) in [5.41, 5.74) is 0.710. The van der Waals surface area contributed by atoms with Gasteiger partial charge in [-0.3, -0.25) is 9.59 Å². The number of alkyl halides is 3. The SMILES string of the molecule is C[C@@H]1CN([C@H](C)CO)C(=O)CCCn2nncc2CO[C@@H]1CN(C)C(=O)CCC(F)(F)F. The number of aryl methyl sites for hydroxylation is 1. The van der Waals surface area contributed by atoms with Crippen LogP contribution in [-0.2, 0) is 27.5 Å². The number of hydrogen-bond acceptors (Lipinski definition) is 6.